The number of furan rings is 1. The Kier molecular flexibility index (Phi) is 3.69. The first kappa shape index (κ1) is 12.5. The zero-order valence-electron chi connectivity index (χ0n) is 11.4. The molecular formula is C15H21N3O. The molecule has 0 atom stereocenters. The van der Waals surface area contributed by atoms with Crippen LogP contribution in [0.1, 0.15) is 37.0 Å². The third kappa shape index (κ3) is 2.89. The maximum absolute atomic E-state index is 5.64. The summed E-state index contributed by atoms with van der Waals surface area (Å²) < 4.78 is 5.64. The van der Waals surface area contributed by atoms with Crippen molar-refractivity contribution in [1.29, 1.82) is 0 Å². The molecule has 1 saturated carbocycles. The van der Waals surface area contributed by atoms with E-state index < -0.39 is 0 Å². The van der Waals surface area contributed by atoms with Crippen molar-refractivity contribution in [3.63, 3.8) is 0 Å². The van der Waals surface area contributed by atoms with Gasteiger partial charge in [-0.25, -0.2) is 0 Å². The third-order valence-corrected chi connectivity index (χ3v) is 3.97. The Morgan fingerprint density at radius 3 is 3.00 bits per heavy atom. The molecule has 102 valence electrons. The molecule has 1 fully saturated rings. The van der Waals surface area contributed by atoms with Crippen LogP contribution in [-0.2, 0) is 6.54 Å². The lowest BCUT2D eigenvalue weighted by Gasteiger charge is -2.25. The average molecular weight is 259 g/mol. The Morgan fingerprint density at radius 1 is 1.42 bits per heavy atom. The molecule has 0 amide bonds. The van der Waals surface area contributed by atoms with Crippen LogP contribution >= 0.6 is 0 Å². The molecule has 4 heteroatoms. The van der Waals surface area contributed by atoms with E-state index in [-0.39, 0.29) is 0 Å². The van der Waals surface area contributed by atoms with Gasteiger partial charge in [-0.05, 0) is 37.9 Å². The van der Waals surface area contributed by atoms with Crippen molar-refractivity contribution in [3.8, 4) is 11.5 Å². The number of H-pyrrole nitrogens is 1. The molecule has 2 heterocycles. The second-order valence-electron chi connectivity index (χ2n) is 5.44. The van der Waals surface area contributed by atoms with Gasteiger partial charge < -0.3 is 9.73 Å². The zero-order valence-corrected chi connectivity index (χ0v) is 11.4. The Morgan fingerprint density at radius 2 is 2.32 bits per heavy atom. The van der Waals surface area contributed by atoms with Gasteiger partial charge in [-0.15, -0.1) is 0 Å². The first-order chi connectivity index (χ1) is 9.33. The van der Waals surface area contributed by atoms with Crippen LogP contribution < -0.4 is 5.32 Å². The first-order valence-corrected chi connectivity index (χ1v) is 7.12. The quantitative estimate of drug-likeness (QED) is 0.783. The van der Waals surface area contributed by atoms with Crippen LogP contribution in [0.3, 0.4) is 0 Å². The fourth-order valence-corrected chi connectivity index (χ4v) is 2.54. The molecule has 0 aromatic carbocycles. The van der Waals surface area contributed by atoms with Crippen LogP contribution in [0.2, 0.25) is 0 Å². The number of hydrogen-bond acceptors (Lipinski definition) is 3. The molecule has 2 N–H and O–H groups in total. The summed E-state index contributed by atoms with van der Waals surface area (Å²) in [5.41, 5.74) is 2.16. The van der Waals surface area contributed by atoms with Crippen LogP contribution in [0.25, 0.3) is 11.5 Å². The van der Waals surface area contributed by atoms with Crippen LogP contribution in [0.5, 0.6) is 0 Å². The van der Waals surface area contributed by atoms with E-state index in [1.54, 1.807) is 0 Å². The molecule has 4 nitrogen and oxygen atoms in total. The minimum absolute atomic E-state index is 0.846. The highest BCUT2D eigenvalue weighted by Gasteiger charge is 2.16. The highest BCUT2D eigenvalue weighted by molar-refractivity contribution is 5.56. The predicted octanol–water partition coefficient (Wildman–Crippen LogP) is 3.26. The van der Waals surface area contributed by atoms with E-state index in [0.29, 0.717) is 0 Å². The van der Waals surface area contributed by atoms with Gasteiger partial charge in [0.1, 0.15) is 11.5 Å². The third-order valence-electron chi connectivity index (χ3n) is 3.97. The van der Waals surface area contributed by atoms with E-state index in [1.165, 1.54) is 31.2 Å². The second-order valence-corrected chi connectivity index (χ2v) is 5.44. The summed E-state index contributed by atoms with van der Waals surface area (Å²) in [6.45, 7) is 3.89. The highest BCUT2D eigenvalue weighted by atomic mass is 16.3. The molecule has 1 aliphatic rings. The smallest absolute Gasteiger partial charge is 0.152 e. The van der Waals surface area contributed by atoms with Gasteiger partial charge in [0.25, 0.3) is 0 Å². The fraction of sp³-hybridized carbons (Fsp3) is 0.533. The topological polar surface area (TPSA) is 53.9 Å². The van der Waals surface area contributed by atoms with Gasteiger partial charge in [0.2, 0.25) is 0 Å². The number of hydrogen-bond donors (Lipinski definition) is 2. The van der Waals surface area contributed by atoms with Crippen molar-refractivity contribution in [2.24, 2.45) is 5.92 Å². The van der Waals surface area contributed by atoms with Crippen LogP contribution in [0.15, 0.2) is 22.7 Å². The minimum Gasteiger partial charge on any atom is -0.460 e. The van der Waals surface area contributed by atoms with Crippen molar-refractivity contribution in [3.05, 3.63) is 29.7 Å². The first-order valence-electron chi connectivity index (χ1n) is 7.12. The maximum atomic E-state index is 5.64. The molecule has 0 radical (unpaired) electrons. The molecule has 2 aromatic rings. The fourth-order valence-electron chi connectivity index (χ4n) is 2.54. The Labute approximate surface area is 113 Å². The van der Waals surface area contributed by atoms with Crippen LogP contribution in [-0.4, -0.2) is 16.7 Å². The summed E-state index contributed by atoms with van der Waals surface area (Å²) in [6.07, 6.45) is 7.44. The lowest BCUT2D eigenvalue weighted by Crippen LogP contribution is -2.21. The van der Waals surface area contributed by atoms with E-state index in [9.17, 15) is 0 Å². The van der Waals surface area contributed by atoms with E-state index in [2.05, 4.69) is 15.5 Å². The van der Waals surface area contributed by atoms with Gasteiger partial charge in [0, 0.05) is 12.1 Å². The standard InChI is InChI=1S/C15H21N3O/c1-11-5-6-14(19-11)15-13(10-17-18-15)9-16-8-7-12-3-2-4-12/h5-6,10,12,16H,2-4,7-9H2,1H3,(H,17,18). The van der Waals surface area contributed by atoms with Crippen molar-refractivity contribution in [1.82, 2.24) is 15.5 Å². The summed E-state index contributed by atoms with van der Waals surface area (Å²) in [5.74, 6) is 2.75. The number of aromatic amines is 1. The van der Waals surface area contributed by atoms with Crippen molar-refractivity contribution in [2.45, 2.75) is 39.2 Å². The summed E-state index contributed by atoms with van der Waals surface area (Å²) in [6, 6.07) is 3.96. The van der Waals surface area contributed by atoms with Crippen LogP contribution in [0.4, 0.5) is 0 Å². The molecule has 0 unspecified atom stereocenters. The summed E-state index contributed by atoms with van der Waals surface area (Å²) in [7, 11) is 0. The highest BCUT2D eigenvalue weighted by Crippen LogP contribution is 2.29. The van der Waals surface area contributed by atoms with Crippen molar-refractivity contribution < 1.29 is 4.42 Å². The number of rotatable bonds is 6. The summed E-state index contributed by atoms with van der Waals surface area (Å²) in [5, 5.41) is 10.6. The average Bonchev–Trinajstić information content (AvgIpc) is 2.95. The van der Waals surface area contributed by atoms with Gasteiger partial charge in [0.05, 0.1) is 6.20 Å². The Hall–Kier alpha value is -1.55. The van der Waals surface area contributed by atoms with E-state index in [4.69, 9.17) is 4.42 Å². The summed E-state index contributed by atoms with van der Waals surface area (Å²) >= 11 is 0. The number of aryl methyl sites for hydroxylation is 1. The lowest BCUT2D eigenvalue weighted by molar-refractivity contribution is 0.292. The zero-order chi connectivity index (χ0) is 13.1. The van der Waals surface area contributed by atoms with E-state index >= 15 is 0 Å². The molecule has 0 saturated heterocycles. The van der Waals surface area contributed by atoms with Crippen LogP contribution in [0, 0.1) is 12.8 Å². The van der Waals surface area contributed by atoms with Gasteiger partial charge >= 0.3 is 0 Å². The van der Waals surface area contributed by atoms with Gasteiger partial charge in [-0.1, -0.05) is 19.3 Å². The normalized spacial score (nSPS) is 15.6. The SMILES string of the molecule is Cc1ccc(-c2[nH]ncc2CNCCC2CCC2)o1. The molecule has 0 bridgehead atoms. The number of aromatic nitrogens is 2. The summed E-state index contributed by atoms with van der Waals surface area (Å²) in [4.78, 5) is 0. The molecule has 0 aliphatic heterocycles. The second kappa shape index (κ2) is 5.61. The van der Waals surface area contributed by atoms with Crippen molar-refractivity contribution in [2.75, 3.05) is 6.54 Å². The lowest BCUT2D eigenvalue weighted by atomic mass is 9.83. The number of nitrogens with one attached hydrogen (secondary N) is 2. The van der Waals surface area contributed by atoms with Gasteiger partial charge in [0.15, 0.2) is 5.76 Å². The van der Waals surface area contributed by atoms with E-state index in [0.717, 1.165) is 36.2 Å². The monoisotopic (exact) mass is 259 g/mol. The molecule has 19 heavy (non-hydrogen) atoms. The Balaban J connectivity index is 1.54. The van der Waals surface area contributed by atoms with Gasteiger partial charge in [-0.3, -0.25) is 5.10 Å². The molecule has 1 aliphatic carbocycles. The predicted molar refractivity (Wildman–Crippen MR) is 74.7 cm³/mol. The minimum atomic E-state index is 0.846. The number of nitrogens with zero attached hydrogens (tertiary/aromatic N) is 1. The molecule has 2 aromatic heterocycles. The van der Waals surface area contributed by atoms with Gasteiger partial charge in [-0.2, -0.15) is 5.10 Å². The molecule has 0 spiro atoms. The maximum Gasteiger partial charge on any atom is 0.152 e. The molecule has 3 rings (SSSR count). The molecular weight excluding hydrogens is 238 g/mol. The van der Waals surface area contributed by atoms with E-state index in [1.807, 2.05) is 25.3 Å². The van der Waals surface area contributed by atoms with Crippen molar-refractivity contribution >= 4 is 0 Å². The largest absolute Gasteiger partial charge is 0.460 e. The Bertz CT molecular complexity index is 525.